The number of carbonyl (C=O) groups is 2. The Balaban J connectivity index is 2.18. The lowest BCUT2D eigenvalue weighted by Crippen LogP contribution is -2.34. The van der Waals surface area contributed by atoms with Gasteiger partial charge in [-0.1, -0.05) is 0 Å². The molecule has 0 aromatic carbocycles. The van der Waals surface area contributed by atoms with Crippen LogP contribution in [0.2, 0.25) is 0 Å². The van der Waals surface area contributed by atoms with Gasteiger partial charge in [-0.2, -0.15) is 0 Å². The molecule has 92 valence electrons. The van der Waals surface area contributed by atoms with Crippen molar-refractivity contribution in [1.82, 2.24) is 10.0 Å². The fourth-order valence-electron chi connectivity index (χ4n) is 1.06. The van der Waals surface area contributed by atoms with Gasteiger partial charge in [-0.3, -0.25) is 9.59 Å². The number of rotatable bonds is 7. The molecule has 0 saturated heterocycles. The second-order valence-electron chi connectivity index (χ2n) is 3.64. The van der Waals surface area contributed by atoms with Gasteiger partial charge in [0.1, 0.15) is 0 Å². The van der Waals surface area contributed by atoms with Crippen LogP contribution in [0.25, 0.3) is 0 Å². The molecule has 0 spiro atoms. The summed E-state index contributed by atoms with van der Waals surface area (Å²) in [5, 5.41) is 11.0. The van der Waals surface area contributed by atoms with Crippen LogP contribution in [-0.4, -0.2) is 43.7 Å². The van der Waals surface area contributed by atoms with E-state index >= 15 is 0 Å². The molecule has 1 rings (SSSR count). The zero-order valence-corrected chi connectivity index (χ0v) is 9.42. The summed E-state index contributed by atoms with van der Waals surface area (Å²) in [7, 11) is -3.82. The molecule has 1 saturated carbocycles. The molecule has 0 bridgehead atoms. The van der Waals surface area contributed by atoms with Crippen molar-refractivity contribution in [3.8, 4) is 0 Å². The van der Waals surface area contributed by atoms with Crippen LogP contribution in [0.15, 0.2) is 0 Å². The van der Waals surface area contributed by atoms with Crippen LogP contribution in [0.3, 0.4) is 0 Å². The first-order valence-corrected chi connectivity index (χ1v) is 6.53. The molecule has 0 aromatic rings. The van der Waals surface area contributed by atoms with Crippen molar-refractivity contribution in [3.63, 3.8) is 0 Å². The van der Waals surface area contributed by atoms with Crippen LogP contribution in [0, 0.1) is 0 Å². The molecule has 3 N–H and O–H groups in total. The van der Waals surface area contributed by atoms with Gasteiger partial charge in [0.15, 0.2) is 5.75 Å². The van der Waals surface area contributed by atoms with E-state index in [-0.39, 0.29) is 24.9 Å². The van der Waals surface area contributed by atoms with Gasteiger partial charge in [0.2, 0.25) is 15.9 Å². The zero-order valence-electron chi connectivity index (χ0n) is 8.60. The van der Waals surface area contributed by atoms with Crippen molar-refractivity contribution in [2.24, 2.45) is 0 Å². The first-order valence-electron chi connectivity index (χ1n) is 4.87. The Morgan fingerprint density at radius 3 is 2.44 bits per heavy atom. The van der Waals surface area contributed by atoms with Gasteiger partial charge < -0.3 is 10.4 Å². The third-order valence-electron chi connectivity index (χ3n) is 1.93. The number of carboxylic acid groups (broad SMARTS) is 1. The SMILES string of the molecule is O=C(O)CS(=O)(=O)NCCC(=O)NC1CC1. The van der Waals surface area contributed by atoms with Gasteiger partial charge in [0, 0.05) is 19.0 Å². The fourth-order valence-corrected chi connectivity index (χ4v) is 1.90. The lowest BCUT2D eigenvalue weighted by molar-refractivity contribution is -0.134. The van der Waals surface area contributed by atoms with Gasteiger partial charge in [-0.05, 0) is 12.8 Å². The summed E-state index contributed by atoms with van der Waals surface area (Å²) in [6.45, 7) is -0.0752. The molecule has 1 amide bonds. The molecule has 0 atom stereocenters. The lowest BCUT2D eigenvalue weighted by atomic mass is 10.4. The first-order chi connectivity index (χ1) is 7.39. The highest BCUT2D eigenvalue weighted by Crippen LogP contribution is 2.18. The van der Waals surface area contributed by atoms with E-state index < -0.39 is 21.7 Å². The van der Waals surface area contributed by atoms with Crippen LogP contribution in [-0.2, 0) is 19.6 Å². The molecule has 0 heterocycles. The van der Waals surface area contributed by atoms with Gasteiger partial charge in [0.05, 0.1) is 0 Å². The zero-order chi connectivity index (χ0) is 12.2. The largest absolute Gasteiger partial charge is 0.480 e. The first kappa shape index (κ1) is 12.9. The number of nitrogens with one attached hydrogen (secondary N) is 2. The summed E-state index contributed by atoms with van der Waals surface area (Å²) >= 11 is 0. The maximum absolute atomic E-state index is 11.1. The third kappa shape index (κ3) is 5.66. The quantitative estimate of drug-likeness (QED) is 0.517. The Bertz CT molecular complexity index is 374. The van der Waals surface area contributed by atoms with E-state index in [0.717, 1.165) is 12.8 Å². The van der Waals surface area contributed by atoms with Crippen molar-refractivity contribution in [2.75, 3.05) is 12.3 Å². The third-order valence-corrected chi connectivity index (χ3v) is 3.20. The standard InChI is InChI=1S/C8H14N2O5S/c11-7(10-6-1-2-6)3-4-9-16(14,15)5-8(12)13/h6,9H,1-5H2,(H,10,11)(H,12,13). The summed E-state index contributed by atoms with van der Waals surface area (Å²) in [5.74, 6) is -2.62. The van der Waals surface area contributed by atoms with Gasteiger partial charge >= 0.3 is 5.97 Å². The minimum atomic E-state index is -3.82. The average molecular weight is 250 g/mol. The van der Waals surface area contributed by atoms with Crippen LogP contribution < -0.4 is 10.0 Å². The normalized spacial score (nSPS) is 15.8. The summed E-state index contributed by atoms with van der Waals surface area (Å²) in [6.07, 6.45) is 1.96. The molecule has 1 aliphatic rings. The smallest absolute Gasteiger partial charge is 0.320 e. The van der Waals surface area contributed by atoms with Crippen molar-refractivity contribution in [2.45, 2.75) is 25.3 Å². The number of hydrogen-bond donors (Lipinski definition) is 3. The molecular weight excluding hydrogens is 236 g/mol. The molecular formula is C8H14N2O5S. The molecule has 8 heteroatoms. The number of hydrogen-bond acceptors (Lipinski definition) is 4. The highest BCUT2D eigenvalue weighted by molar-refractivity contribution is 7.90. The van der Waals surface area contributed by atoms with E-state index in [2.05, 4.69) is 5.32 Å². The Morgan fingerprint density at radius 1 is 1.31 bits per heavy atom. The predicted molar refractivity (Wildman–Crippen MR) is 55.2 cm³/mol. The van der Waals surface area contributed by atoms with Crippen molar-refractivity contribution < 1.29 is 23.1 Å². The second kappa shape index (κ2) is 5.26. The van der Waals surface area contributed by atoms with E-state index in [1.165, 1.54) is 0 Å². The second-order valence-corrected chi connectivity index (χ2v) is 5.45. The van der Waals surface area contributed by atoms with Crippen LogP contribution >= 0.6 is 0 Å². The molecule has 0 aliphatic heterocycles. The highest BCUT2D eigenvalue weighted by Gasteiger charge is 2.23. The minimum Gasteiger partial charge on any atom is -0.480 e. The van der Waals surface area contributed by atoms with Crippen molar-refractivity contribution in [1.29, 1.82) is 0 Å². The maximum atomic E-state index is 11.1. The molecule has 1 fully saturated rings. The van der Waals surface area contributed by atoms with Crippen molar-refractivity contribution in [3.05, 3.63) is 0 Å². The van der Waals surface area contributed by atoms with E-state index in [9.17, 15) is 18.0 Å². The van der Waals surface area contributed by atoms with Crippen LogP contribution in [0.1, 0.15) is 19.3 Å². The van der Waals surface area contributed by atoms with Gasteiger partial charge in [-0.15, -0.1) is 0 Å². The Hall–Kier alpha value is -1.15. The number of amides is 1. The highest BCUT2D eigenvalue weighted by atomic mass is 32.2. The molecule has 7 nitrogen and oxygen atoms in total. The summed E-state index contributed by atoms with van der Waals surface area (Å²) < 4.78 is 24.1. The monoisotopic (exact) mass is 250 g/mol. The lowest BCUT2D eigenvalue weighted by Gasteiger charge is -2.05. The number of sulfonamides is 1. The summed E-state index contributed by atoms with van der Waals surface area (Å²) in [5.41, 5.74) is 0. The molecule has 1 aliphatic carbocycles. The predicted octanol–water partition coefficient (Wildman–Crippen LogP) is -1.34. The maximum Gasteiger partial charge on any atom is 0.320 e. The molecule has 16 heavy (non-hydrogen) atoms. The van der Waals surface area contributed by atoms with E-state index in [1.807, 2.05) is 4.72 Å². The minimum absolute atomic E-state index is 0.0232. The summed E-state index contributed by atoms with van der Waals surface area (Å²) in [4.78, 5) is 21.3. The fraction of sp³-hybridized carbons (Fsp3) is 0.750. The number of carboxylic acids is 1. The number of aliphatic carboxylic acids is 1. The van der Waals surface area contributed by atoms with Gasteiger partial charge in [-0.25, -0.2) is 13.1 Å². The van der Waals surface area contributed by atoms with Gasteiger partial charge in [0.25, 0.3) is 0 Å². The van der Waals surface area contributed by atoms with E-state index in [0.29, 0.717) is 0 Å². The molecule has 0 radical (unpaired) electrons. The van der Waals surface area contributed by atoms with Crippen molar-refractivity contribution >= 4 is 21.9 Å². The van der Waals surface area contributed by atoms with E-state index in [1.54, 1.807) is 0 Å². The molecule has 0 aromatic heterocycles. The van der Waals surface area contributed by atoms with E-state index in [4.69, 9.17) is 5.11 Å². The Morgan fingerprint density at radius 2 is 1.94 bits per heavy atom. The van der Waals surface area contributed by atoms with Crippen LogP contribution in [0.4, 0.5) is 0 Å². The average Bonchev–Trinajstić information content (AvgIpc) is 2.84. The Labute approximate surface area is 93.3 Å². The number of carbonyl (C=O) groups excluding carboxylic acids is 1. The summed E-state index contributed by atoms with van der Waals surface area (Å²) in [6, 6.07) is 0.239. The topological polar surface area (TPSA) is 113 Å². The van der Waals surface area contributed by atoms with Crippen LogP contribution in [0.5, 0.6) is 0 Å². The Kier molecular flexibility index (Phi) is 4.25. The molecule has 0 unspecified atom stereocenters.